The van der Waals surface area contributed by atoms with E-state index in [1.165, 1.54) is 5.56 Å². The molecule has 0 saturated heterocycles. The molecule has 0 bridgehead atoms. The molecule has 1 heterocycles. The summed E-state index contributed by atoms with van der Waals surface area (Å²) in [6, 6.07) is 14.2. The Balaban J connectivity index is 1.83. The lowest BCUT2D eigenvalue weighted by atomic mass is 10.1. The standard InChI is InChI=1S/C16H16BrNO2S/c17-13-4-2-1-3-12(13)16(10-18)21-11-5-6-14-15(9-11)20-8-7-19-14/h1-6,9,16H,7-8,10,18H2. The quantitative estimate of drug-likeness (QED) is 0.831. The zero-order valence-corrected chi connectivity index (χ0v) is 13.8. The van der Waals surface area contributed by atoms with Crippen molar-refractivity contribution < 1.29 is 9.47 Å². The Kier molecular flexibility index (Phi) is 4.73. The molecule has 3 rings (SSSR count). The first-order valence-electron chi connectivity index (χ1n) is 6.78. The van der Waals surface area contributed by atoms with Crippen LogP contribution in [0.5, 0.6) is 11.5 Å². The van der Waals surface area contributed by atoms with Gasteiger partial charge in [0.2, 0.25) is 0 Å². The third-order valence-electron chi connectivity index (χ3n) is 3.26. The highest BCUT2D eigenvalue weighted by atomic mass is 79.9. The lowest BCUT2D eigenvalue weighted by molar-refractivity contribution is 0.171. The van der Waals surface area contributed by atoms with E-state index in [9.17, 15) is 0 Å². The Morgan fingerprint density at radius 2 is 1.86 bits per heavy atom. The number of nitrogens with two attached hydrogens (primary N) is 1. The summed E-state index contributed by atoms with van der Waals surface area (Å²) < 4.78 is 12.3. The normalized spacial score (nSPS) is 14.8. The maximum atomic E-state index is 5.96. The van der Waals surface area contributed by atoms with Gasteiger partial charge in [-0.2, -0.15) is 0 Å². The molecular weight excluding hydrogens is 350 g/mol. The van der Waals surface area contributed by atoms with Gasteiger partial charge in [-0.3, -0.25) is 0 Å². The molecule has 0 saturated carbocycles. The maximum Gasteiger partial charge on any atom is 0.162 e. The Labute approximate surface area is 137 Å². The van der Waals surface area contributed by atoms with Gasteiger partial charge in [-0.15, -0.1) is 11.8 Å². The van der Waals surface area contributed by atoms with E-state index in [0.717, 1.165) is 20.9 Å². The number of halogens is 1. The number of fused-ring (bicyclic) bond motifs is 1. The van der Waals surface area contributed by atoms with Crippen molar-refractivity contribution in [2.45, 2.75) is 10.1 Å². The molecule has 0 fully saturated rings. The largest absolute Gasteiger partial charge is 0.486 e. The second kappa shape index (κ2) is 6.73. The van der Waals surface area contributed by atoms with E-state index in [4.69, 9.17) is 15.2 Å². The highest BCUT2D eigenvalue weighted by Crippen LogP contribution is 2.41. The molecule has 110 valence electrons. The van der Waals surface area contributed by atoms with Crippen LogP contribution in [0.15, 0.2) is 51.8 Å². The fourth-order valence-corrected chi connectivity index (χ4v) is 4.03. The topological polar surface area (TPSA) is 44.5 Å². The molecule has 0 spiro atoms. The van der Waals surface area contributed by atoms with Crippen molar-refractivity contribution in [3.05, 3.63) is 52.5 Å². The predicted molar refractivity (Wildman–Crippen MR) is 89.2 cm³/mol. The lowest BCUT2D eigenvalue weighted by Crippen LogP contribution is -2.15. The minimum Gasteiger partial charge on any atom is -0.486 e. The van der Waals surface area contributed by atoms with Gasteiger partial charge in [0, 0.05) is 21.2 Å². The van der Waals surface area contributed by atoms with Crippen LogP contribution in [0.4, 0.5) is 0 Å². The van der Waals surface area contributed by atoms with Gasteiger partial charge in [0.05, 0.1) is 0 Å². The first-order valence-corrected chi connectivity index (χ1v) is 8.46. The van der Waals surface area contributed by atoms with Crippen LogP contribution in [0.25, 0.3) is 0 Å². The van der Waals surface area contributed by atoms with E-state index >= 15 is 0 Å². The SMILES string of the molecule is NCC(Sc1ccc2c(c1)OCCO2)c1ccccc1Br. The van der Waals surface area contributed by atoms with Crippen LogP contribution in [-0.4, -0.2) is 19.8 Å². The molecule has 0 aliphatic carbocycles. The smallest absolute Gasteiger partial charge is 0.162 e. The first kappa shape index (κ1) is 14.8. The zero-order valence-electron chi connectivity index (χ0n) is 11.4. The monoisotopic (exact) mass is 365 g/mol. The second-order valence-electron chi connectivity index (χ2n) is 4.67. The fourth-order valence-electron chi connectivity index (χ4n) is 2.24. The van der Waals surface area contributed by atoms with Crippen molar-refractivity contribution in [3.8, 4) is 11.5 Å². The van der Waals surface area contributed by atoms with Crippen LogP contribution in [0, 0.1) is 0 Å². The van der Waals surface area contributed by atoms with Gasteiger partial charge < -0.3 is 15.2 Å². The average molecular weight is 366 g/mol. The van der Waals surface area contributed by atoms with Gasteiger partial charge in [-0.1, -0.05) is 34.1 Å². The molecular formula is C16H16BrNO2S. The van der Waals surface area contributed by atoms with E-state index in [1.807, 2.05) is 30.3 Å². The zero-order chi connectivity index (χ0) is 14.7. The molecule has 21 heavy (non-hydrogen) atoms. The minimum atomic E-state index is 0.197. The average Bonchev–Trinajstić information content (AvgIpc) is 2.53. The van der Waals surface area contributed by atoms with Gasteiger partial charge in [-0.05, 0) is 29.8 Å². The second-order valence-corrected chi connectivity index (χ2v) is 6.80. The summed E-state index contributed by atoms with van der Waals surface area (Å²) in [6.07, 6.45) is 0. The van der Waals surface area contributed by atoms with Crippen molar-refractivity contribution in [1.29, 1.82) is 0 Å². The molecule has 2 aromatic rings. The van der Waals surface area contributed by atoms with E-state index in [0.29, 0.717) is 19.8 Å². The van der Waals surface area contributed by atoms with E-state index < -0.39 is 0 Å². The molecule has 1 aliphatic rings. The summed E-state index contributed by atoms with van der Waals surface area (Å²) in [5, 5.41) is 0.197. The van der Waals surface area contributed by atoms with Crippen LogP contribution < -0.4 is 15.2 Å². The lowest BCUT2D eigenvalue weighted by Gasteiger charge is -2.20. The summed E-state index contributed by atoms with van der Waals surface area (Å²) in [7, 11) is 0. The Morgan fingerprint density at radius 3 is 2.62 bits per heavy atom. The molecule has 1 unspecified atom stereocenters. The summed E-state index contributed by atoms with van der Waals surface area (Å²) in [4.78, 5) is 1.13. The van der Waals surface area contributed by atoms with E-state index in [2.05, 4.69) is 28.1 Å². The maximum absolute atomic E-state index is 5.96. The molecule has 1 atom stereocenters. The Hall–Kier alpha value is -1.17. The van der Waals surface area contributed by atoms with Gasteiger partial charge in [-0.25, -0.2) is 0 Å². The van der Waals surface area contributed by atoms with Gasteiger partial charge in [0.1, 0.15) is 13.2 Å². The molecule has 2 aromatic carbocycles. The van der Waals surface area contributed by atoms with Crippen molar-refractivity contribution >= 4 is 27.7 Å². The van der Waals surface area contributed by atoms with Crippen LogP contribution >= 0.6 is 27.7 Å². The molecule has 0 aromatic heterocycles. The summed E-state index contributed by atoms with van der Waals surface area (Å²) >= 11 is 5.34. The first-order chi connectivity index (χ1) is 10.3. The number of thioether (sulfide) groups is 1. The Bertz CT molecular complexity index is 635. The molecule has 2 N–H and O–H groups in total. The van der Waals surface area contributed by atoms with E-state index in [-0.39, 0.29) is 5.25 Å². The van der Waals surface area contributed by atoms with Crippen LogP contribution in [0.1, 0.15) is 10.8 Å². The third kappa shape index (κ3) is 3.36. The molecule has 5 heteroatoms. The number of hydrogen-bond acceptors (Lipinski definition) is 4. The molecule has 0 amide bonds. The number of hydrogen-bond donors (Lipinski definition) is 1. The molecule has 3 nitrogen and oxygen atoms in total. The highest BCUT2D eigenvalue weighted by Gasteiger charge is 2.17. The third-order valence-corrected chi connectivity index (χ3v) is 5.24. The summed E-state index contributed by atoms with van der Waals surface area (Å²) in [5.74, 6) is 1.63. The summed E-state index contributed by atoms with van der Waals surface area (Å²) in [5.41, 5.74) is 7.17. The van der Waals surface area contributed by atoms with Crippen molar-refractivity contribution in [2.24, 2.45) is 5.73 Å². The highest BCUT2D eigenvalue weighted by molar-refractivity contribution is 9.10. The van der Waals surface area contributed by atoms with E-state index in [1.54, 1.807) is 11.8 Å². The van der Waals surface area contributed by atoms with Crippen LogP contribution in [0.2, 0.25) is 0 Å². The predicted octanol–water partition coefficient (Wildman–Crippen LogP) is 4.01. The number of benzene rings is 2. The van der Waals surface area contributed by atoms with Crippen molar-refractivity contribution in [3.63, 3.8) is 0 Å². The van der Waals surface area contributed by atoms with Gasteiger partial charge in [0.15, 0.2) is 11.5 Å². The number of rotatable bonds is 4. The van der Waals surface area contributed by atoms with Crippen LogP contribution in [0.3, 0.4) is 0 Å². The van der Waals surface area contributed by atoms with Crippen molar-refractivity contribution in [2.75, 3.05) is 19.8 Å². The van der Waals surface area contributed by atoms with Crippen LogP contribution in [-0.2, 0) is 0 Å². The minimum absolute atomic E-state index is 0.197. The van der Waals surface area contributed by atoms with Crippen molar-refractivity contribution in [1.82, 2.24) is 0 Å². The fraction of sp³-hybridized carbons (Fsp3) is 0.250. The number of ether oxygens (including phenoxy) is 2. The molecule has 1 aliphatic heterocycles. The Morgan fingerprint density at radius 1 is 1.10 bits per heavy atom. The molecule has 0 radical (unpaired) electrons. The van der Waals surface area contributed by atoms with Gasteiger partial charge >= 0.3 is 0 Å². The van der Waals surface area contributed by atoms with Gasteiger partial charge in [0.25, 0.3) is 0 Å². The summed E-state index contributed by atoms with van der Waals surface area (Å²) in [6.45, 7) is 1.79.